The molecule has 4 fully saturated rings. The van der Waals surface area contributed by atoms with Gasteiger partial charge in [-0.1, -0.05) is 114 Å². The number of likely N-dealkylation sites (tertiary alicyclic amines) is 4. The Labute approximate surface area is 560 Å². The average molecular weight is 1330 g/mol. The SMILES string of the molecule is CC(NCC(=O)OC(C)(C)C)C(=O)NC(C(=O)N1CCC2C1C(C(=O)Nc1cccc3ccccc13)CN2C(=O)CNC(=O)C(=O)NCC(=O)N1CC(C(=O)Nc2cccc3ccccc23)C2C1CCN2C(=O)C(NC(=O)C(C)NCC(=O)OC(C)(C)C)C(C)(C)C)C(C)(C)C. The van der Waals surface area contributed by atoms with Crippen molar-refractivity contribution < 1.29 is 67.0 Å². The molecule has 4 aromatic carbocycles. The molecule has 26 nitrogen and oxygen atoms in total. The van der Waals surface area contributed by atoms with E-state index < -0.39 is 166 Å². The molecule has 4 aliphatic rings. The maximum atomic E-state index is 15.0. The molecule has 0 radical (unpaired) electrons. The maximum Gasteiger partial charge on any atom is 0.320 e. The summed E-state index contributed by atoms with van der Waals surface area (Å²) in [6.45, 7) is 21.9. The number of benzene rings is 4. The number of amides is 10. The molecular weight excluding hydrogens is 1230 g/mol. The third-order valence-electron chi connectivity index (χ3n) is 17.8. The van der Waals surface area contributed by atoms with E-state index in [2.05, 4.69) is 42.5 Å². The average Bonchev–Trinajstić information content (AvgIpc) is 1.59. The van der Waals surface area contributed by atoms with Crippen LogP contribution in [0, 0.1) is 22.7 Å². The van der Waals surface area contributed by atoms with Crippen molar-refractivity contribution in [3.63, 3.8) is 0 Å². The molecule has 26 heteroatoms. The van der Waals surface area contributed by atoms with Crippen molar-refractivity contribution in [2.45, 2.75) is 169 Å². The number of nitrogens with one attached hydrogen (secondary N) is 8. The molecule has 0 aromatic heterocycles. The van der Waals surface area contributed by atoms with Gasteiger partial charge in [0.15, 0.2) is 0 Å². The number of nitrogens with zero attached hydrogens (tertiary/aromatic N) is 4. The molecule has 4 heterocycles. The Hall–Kier alpha value is -9.04. The molecule has 0 aliphatic carbocycles. The van der Waals surface area contributed by atoms with E-state index in [1.165, 1.54) is 19.6 Å². The van der Waals surface area contributed by atoms with E-state index in [4.69, 9.17) is 9.47 Å². The van der Waals surface area contributed by atoms with Crippen molar-refractivity contribution in [2.24, 2.45) is 22.7 Å². The van der Waals surface area contributed by atoms with Crippen molar-refractivity contribution in [2.75, 3.05) is 63.0 Å². The van der Waals surface area contributed by atoms with Crippen LogP contribution in [0.3, 0.4) is 0 Å². The Bertz CT molecular complexity index is 3420. The van der Waals surface area contributed by atoms with Gasteiger partial charge in [0.2, 0.25) is 47.3 Å². The normalized spacial score (nSPS) is 20.6. The van der Waals surface area contributed by atoms with Gasteiger partial charge in [0, 0.05) is 48.3 Å². The highest BCUT2D eigenvalue weighted by Gasteiger charge is 2.57. The van der Waals surface area contributed by atoms with Crippen LogP contribution in [0.15, 0.2) is 84.9 Å². The quantitative estimate of drug-likeness (QED) is 0.0465. The number of fused-ring (bicyclic) bond motifs is 4. The molecule has 4 saturated heterocycles. The van der Waals surface area contributed by atoms with Crippen molar-refractivity contribution in [3.8, 4) is 0 Å². The molecule has 10 unspecified atom stereocenters. The predicted octanol–water partition coefficient (Wildman–Crippen LogP) is 3.36. The second kappa shape index (κ2) is 29.5. The minimum absolute atomic E-state index is 0.0864. The van der Waals surface area contributed by atoms with E-state index in [9.17, 15) is 57.5 Å². The third kappa shape index (κ3) is 17.5. The van der Waals surface area contributed by atoms with E-state index in [1.54, 1.807) is 121 Å². The zero-order valence-corrected chi connectivity index (χ0v) is 57.4. The summed E-state index contributed by atoms with van der Waals surface area (Å²) in [7, 11) is 0. The summed E-state index contributed by atoms with van der Waals surface area (Å²) in [4.78, 5) is 174. The number of hydrogen-bond donors (Lipinski definition) is 8. The molecule has 8 N–H and O–H groups in total. The van der Waals surface area contributed by atoms with Crippen molar-refractivity contribution in [1.82, 2.24) is 51.5 Å². The number of hydrogen-bond acceptors (Lipinski definition) is 16. The first-order valence-electron chi connectivity index (χ1n) is 32.8. The topological polar surface area (TPSA) is 332 Å². The lowest BCUT2D eigenvalue weighted by Gasteiger charge is -2.37. The second-order valence-corrected chi connectivity index (χ2v) is 29.5. The summed E-state index contributed by atoms with van der Waals surface area (Å²) in [5, 5.41) is 25.5. The Morgan fingerprint density at radius 2 is 0.802 bits per heavy atom. The summed E-state index contributed by atoms with van der Waals surface area (Å²) in [6.07, 6.45) is 0.434. The van der Waals surface area contributed by atoms with Crippen LogP contribution >= 0.6 is 0 Å². The van der Waals surface area contributed by atoms with Crippen LogP contribution < -0.4 is 42.5 Å². The van der Waals surface area contributed by atoms with Crippen LogP contribution in [0.2, 0.25) is 0 Å². The molecule has 4 aromatic rings. The van der Waals surface area contributed by atoms with E-state index >= 15 is 0 Å². The first-order chi connectivity index (χ1) is 44.9. The van der Waals surface area contributed by atoms with E-state index in [0.29, 0.717) is 11.4 Å². The molecule has 518 valence electrons. The summed E-state index contributed by atoms with van der Waals surface area (Å²) in [6, 6.07) is 18.3. The monoisotopic (exact) mass is 1330 g/mol. The highest BCUT2D eigenvalue weighted by atomic mass is 16.6. The third-order valence-corrected chi connectivity index (χ3v) is 17.8. The van der Waals surface area contributed by atoms with Gasteiger partial charge in [-0.2, -0.15) is 0 Å². The standard InChI is InChI=1S/C70H94N12O14/c1-39(71-35-53(85)95-69(9,10)11)59(87)77-57(67(3,4)5)65(93)79-31-29-49-55(79)45(61(89)75-47-27-19-23-41-21-15-17-25-43(41)47)37-81(49)51(83)33-73-63(91)64(92)74-34-52(84)82-38-46(62(90)76-48-28-20-24-42-22-16-18-26-44(42)48)56-50(82)30-32-80(56)66(94)58(68(6,7)8)78-60(88)40(2)72-36-54(86)96-70(12,13)14/h15-28,39-40,45-46,49-50,55-58,71-72H,29-38H2,1-14H3,(H,73,91)(H,74,92)(H,75,89)(H,76,90)(H,77,87)(H,78,88). The Balaban J connectivity index is 0.951. The fourth-order valence-corrected chi connectivity index (χ4v) is 13.1. The van der Waals surface area contributed by atoms with Gasteiger partial charge in [-0.15, -0.1) is 0 Å². The number of anilines is 2. The summed E-state index contributed by atoms with van der Waals surface area (Å²) in [5.74, 6) is -10.2. The van der Waals surface area contributed by atoms with Gasteiger partial charge in [-0.3, -0.25) is 68.2 Å². The Morgan fingerprint density at radius 3 is 1.15 bits per heavy atom. The molecule has 10 atom stereocenters. The molecule has 96 heavy (non-hydrogen) atoms. The zero-order chi connectivity index (χ0) is 70.5. The fraction of sp³-hybridized carbons (Fsp3) is 0.543. The van der Waals surface area contributed by atoms with Gasteiger partial charge < -0.3 is 61.0 Å². The fourth-order valence-electron chi connectivity index (χ4n) is 13.1. The highest BCUT2D eigenvalue weighted by molar-refractivity contribution is 6.35. The summed E-state index contributed by atoms with van der Waals surface area (Å²) >= 11 is 0. The molecule has 8 rings (SSSR count). The Morgan fingerprint density at radius 1 is 0.458 bits per heavy atom. The van der Waals surface area contributed by atoms with Gasteiger partial charge in [-0.25, -0.2) is 0 Å². The summed E-state index contributed by atoms with van der Waals surface area (Å²) < 4.78 is 10.8. The van der Waals surface area contributed by atoms with E-state index in [-0.39, 0.29) is 52.1 Å². The van der Waals surface area contributed by atoms with Gasteiger partial charge in [0.25, 0.3) is 0 Å². The summed E-state index contributed by atoms with van der Waals surface area (Å²) in [5.41, 5.74) is -2.26. The Kier molecular flexibility index (Phi) is 22.4. The zero-order valence-electron chi connectivity index (χ0n) is 57.4. The second-order valence-electron chi connectivity index (χ2n) is 29.5. The number of carbonyl (C=O) groups is 12. The number of ether oxygens (including phenoxy) is 2. The largest absolute Gasteiger partial charge is 0.459 e. The van der Waals surface area contributed by atoms with Crippen molar-refractivity contribution in [1.29, 1.82) is 0 Å². The molecular formula is C70H94N12O14. The first-order valence-corrected chi connectivity index (χ1v) is 32.8. The minimum atomic E-state index is -1.26. The van der Waals surface area contributed by atoms with Crippen LogP contribution in [0.5, 0.6) is 0 Å². The lowest BCUT2D eigenvalue weighted by molar-refractivity contribution is -0.155. The van der Waals surface area contributed by atoms with Gasteiger partial charge in [0.05, 0.1) is 74.3 Å². The van der Waals surface area contributed by atoms with Crippen LogP contribution in [0.25, 0.3) is 21.5 Å². The molecule has 4 aliphatic heterocycles. The molecule has 0 bridgehead atoms. The predicted molar refractivity (Wildman–Crippen MR) is 359 cm³/mol. The number of esters is 2. The molecule has 10 amide bonds. The lowest BCUT2D eigenvalue weighted by Crippen LogP contribution is -2.60. The van der Waals surface area contributed by atoms with Crippen LogP contribution in [-0.4, -0.2) is 203 Å². The highest BCUT2D eigenvalue weighted by Crippen LogP contribution is 2.41. The minimum Gasteiger partial charge on any atom is -0.459 e. The lowest BCUT2D eigenvalue weighted by atomic mass is 9.85. The molecule has 0 saturated carbocycles. The van der Waals surface area contributed by atoms with Crippen molar-refractivity contribution >= 4 is 104 Å². The molecule has 0 spiro atoms. The van der Waals surface area contributed by atoms with Gasteiger partial charge >= 0.3 is 23.8 Å². The number of carbonyl (C=O) groups excluding carboxylic acids is 12. The van der Waals surface area contributed by atoms with Gasteiger partial charge in [0.1, 0.15) is 23.3 Å². The van der Waals surface area contributed by atoms with Crippen LogP contribution in [-0.2, 0) is 67.0 Å². The number of rotatable bonds is 20. The smallest absolute Gasteiger partial charge is 0.320 e. The van der Waals surface area contributed by atoms with Crippen molar-refractivity contribution in [3.05, 3.63) is 84.9 Å². The van der Waals surface area contributed by atoms with E-state index in [0.717, 1.165) is 21.5 Å². The van der Waals surface area contributed by atoms with Crippen LogP contribution in [0.4, 0.5) is 11.4 Å². The maximum absolute atomic E-state index is 15.0. The van der Waals surface area contributed by atoms with Crippen LogP contribution in [0.1, 0.15) is 110 Å². The van der Waals surface area contributed by atoms with E-state index in [1.807, 2.05) is 60.7 Å². The first kappa shape index (κ1) is 72.8. The van der Waals surface area contributed by atoms with Gasteiger partial charge in [-0.05, 0) is 102 Å².